The number of aliphatic hydroxyl groups is 1. The lowest BCUT2D eigenvalue weighted by Crippen LogP contribution is -2.52. The third kappa shape index (κ3) is 4.18. The van der Waals surface area contributed by atoms with E-state index in [-0.39, 0.29) is 47.6 Å². The van der Waals surface area contributed by atoms with Crippen molar-refractivity contribution in [3.63, 3.8) is 0 Å². The fourth-order valence-electron chi connectivity index (χ4n) is 5.90. The molecule has 0 radical (unpaired) electrons. The number of rotatable bonds is 4. The number of hydrogen-bond donors (Lipinski definition) is 1. The molecular weight excluding hydrogens is 368 g/mol. The average Bonchev–Trinajstić information content (AvgIpc) is 3.03. The summed E-state index contributed by atoms with van der Waals surface area (Å²) in [6.07, 6.45) is 2.26. The SMILES string of the molecule is C=C1[C@H]2[C@@H]([C@@H](C(C)C)C[C@@H]1O)[C@@H]1O[C@H]2C[C@@H](C)C(=O)CC[C@@]1(C)OC(=O)CCC. The summed E-state index contributed by atoms with van der Waals surface area (Å²) in [5, 5.41) is 10.7. The third-order valence-corrected chi connectivity index (χ3v) is 7.59. The van der Waals surface area contributed by atoms with E-state index in [1.54, 1.807) is 0 Å². The predicted molar refractivity (Wildman–Crippen MR) is 111 cm³/mol. The molecule has 2 aliphatic heterocycles. The highest BCUT2D eigenvalue weighted by Crippen LogP contribution is 2.55. The first-order valence-electron chi connectivity index (χ1n) is 11.4. The molecule has 2 saturated heterocycles. The standard InChI is InChI=1S/C24H38O5/c1-7-8-20(27)29-24(6)10-9-17(25)14(4)11-19-21-15(5)18(26)12-16(13(2)3)22(21)23(24)28-19/h13-14,16,18-19,21-23,26H,5,7-12H2,1-4,6H3/t14-,16-,18+,19+,21-,22-,23+,24-/m1/s1. The van der Waals surface area contributed by atoms with Gasteiger partial charge in [0.05, 0.1) is 12.2 Å². The molecule has 2 bridgehead atoms. The average molecular weight is 407 g/mol. The molecule has 29 heavy (non-hydrogen) atoms. The number of hydrogen-bond acceptors (Lipinski definition) is 5. The second-order valence-corrected chi connectivity index (χ2v) is 10.1. The molecule has 2 heterocycles. The summed E-state index contributed by atoms with van der Waals surface area (Å²) in [5.74, 6) is 0.603. The van der Waals surface area contributed by atoms with E-state index >= 15 is 0 Å². The molecule has 3 rings (SSSR count). The Bertz CT molecular complexity index is 656. The van der Waals surface area contributed by atoms with Crippen LogP contribution >= 0.6 is 0 Å². The third-order valence-electron chi connectivity index (χ3n) is 7.59. The molecule has 0 aromatic carbocycles. The van der Waals surface area contributed by atoms with Gasteiger partial charge in [-0.3, -0.25) is 9.59 Å². The van der Waals surface area contributed by atoms with Gasteiger partial charge < -0.3 is 14.6 Å². The van der Waals surface area contributed by atoms with Crippen LogP contribution in [0.15, 0.2) is 12.2 Å². The molecule has 164 valence electrons. The van der Waals surface area contributed by atoms with E-state index in [1.807, 2.05) is 20.8 Å². The molecule has 0 aromatic rings. The summed E-state index contributed by atoms with van der Waals surface area (Å²) in [6.45, 7) is 14.5. The van der Waals surface area contributed by atoms with Gasteiger partial charge in [-0.1, -0.05) is 34.3 Å². The maximum atomic E-state index is 12.7. The minimum atomic E-state index is -0.848. The number of carbonyl (C=O) groups excluding carboxylic acids is 2. The van der Waals surface area contributed by atoms with E-state index in [1.165, 1.54) is 0 Å². The quantitative estimate of drug-likeness (QED) is 0.563. The van der Waals surface area contributed by atoms with Gasteiger partial charge in [-0.2, -0.15) is 0 Å². The van der Waals surface area contributed by atoms with Crippen LogP contribution in [-0.4, -0.2) is 40.8 Å². The number of aliphatic hydroxyl groups excluding tert-OH is 1. The first-order valence-corrected chi connectivity index (χ1v) is 11.4. The maximum Gasteiger partial charge on any atom is 0.306 e. The largest absolute Gasteiger partial charge is 0.457 e. The topological polar surface area (TPSA) is 72.8 Å². The number of fused-ring (bicyclic) bond motifs is 5. The fraction of sp³-hybridized carbons (Fsp3) is 0.833. The lowest BCUT2D eigenvalue weighted by Gasteiger charge is -2.46. The number of Topliss-reactive ketones (excluding diaryl/α,β-unsaturated/α-hetero) is 1. The number of ketones is 1. The Kier molecular flexibility index (Phi) is 6.59. The maximum absolute atomic E-state index is 12.7. The van der Waals surface area contributed by atoms with Crippen LogP contribution in [0, 0.1) is 29.6 Å². The number of ether oxygens (including phenoxy) is 2. The molecule has 3 aliphatic rings. The molecule has 0 aromatic heterocycles. The van der Waals surface area contributed by atoms with E-state index < -0.39 is 11.7 Å². The molecular formula is C24H38O5. The lowest BCUT2D eigenvalue weighted by atomic mass is 9.60. The Morgan fingerprint density at radius 2 is 2.07 bits per heavy atom. The molecule has 1 saturated carbocycles. The Labute approximate surface area is 175 Å². The predicted octanol–water partition coefficient (Wildman–Crippen LogP) is 4.07. The first-order chi connectivity index (χ1) is 13.6. The van der Waals surface area contributed by atoms with Gasteiger partial charge in [0.2, 0.25) is 0 Å². The van der Waals surface area contributed by atoms with E-state index in [0.29, 0.717) is 38.0 Å². The summed E-state index contributed by atoms with van der Waals surface area (Å²) in [6, 6.07) is 0. The summed E-state index contributed by atoms with van der Waals surface area (Å²) in [5.41, 5.74) is -0.0267. The van der Waals surface area contributed by atoms with Crippen molar-refractivity contribution >= 4 is 11.8 Å². The zero-order valence-corrected chi connectivity index (χ0v) is 18.6. The monoisotopic (exact) mass is 406 g/mol. The van der Waals surface area contributed by atoms with Gasteiger partial charge in [-0.05, 0) is 50.0 Å². The molecule has 5 heteroatoms. The summed E-state index contributed by atoms with van der Waals surface area (Å²) in [7, 11) is 0. The molecule has 3 fully saturated rings. The summed E-state index contributed by atoms with van der Waals surface area (Å²) >= 11 is 0. The minimum absolute atomic E-state index is 0.00583. The van der Waals surface area contributed by atoms with E-state index in [2.05, 4.69) is 20.4 Å². The highest BCUT2D eigenvalue weighted by molar-refractivity contribution is 5.81. The van der Waals surface area contributed by atoms with Crippen molar-refractivity contribution in [2.45, 2.75) is 97.1 Å². The van der Waals surface area contributed by atoms with Crippen LogP contribution in [0.1, 0.15) is 73.1 Å². The molecule has 0 amide bonds. The van der Waals surface area contributed by atoms with Crippen molar-refractivity contribution in [1.29, 1.82) is 0 Å². The second-order valence-electron chi connectivity index (χ2n) is 10.1. The summed E-state index contributed by atoms with van der Waals surface area (Å²) < 4.78 is 12.7. The zero-order valence-electron chi connectivity index (χ0n) is 18.6. The second kappa shape index (κ2) is 8.50. The van der Waals surface area contributed by atoms with Crippen LogP contribution in [-0.2, 0) is 19.1 Å². The van der Waals surface area contributed by atoms with Gasteiger partial charge in [0.1, 0.15) is 17.5 Å². The van der Waals surface area contributed by atoms with Gasteiger partial charge in [-0.25, -0.2) is 0 Å². The minimum Gasteiger partial charge on any atom is -0.457 e. The van der Waals surface area contributed by atoms with Crippen molar-refractivity contribution in [3.05, 3.63) is 12.2 Å². The van der Waals surface area contributed by atoms with Crippen LogP contribution in [0.4, 0.5) is 0 Å². The Morgan fingerprint density at radius 3 is 2.69 bits per heavy atom. The molecule has 0 unspecified atom stereocenters. The highest BCUT2D eigenvalue weighted by atomic mass is 16.6. The van der Waals surface area contributed by atoms with Gasteiger partial charge in [0, 0.05) is 30.6 Å². The van der Waals surface area contributed by atoms with E-state index in [0.717, 1.165) is 12.0 Å². The van der Waals surface area contributed by atoms with Gasteiger partial charge in [-0.15, -0.1) is 0 Å². The normalized spacial score (nSPS) is 42.8. The van der Waals surface area contributed by atoms with Crippen molar-refractivity contribution in [1.82, 2.24) is 0 Å². The van der Waals surface area contributed by atoms with Crippen molar-refractivity contribution in [3.8, 4) is 0 Å². The molecule has 0 spiro atoms. The van der Waals surface area contributed by atoms with Crippen molar-refractivity contribution < 1.29 is 24.2 Å². The van der Waals surface area contributed by atoms with Crippen LogP contribution in [0.3, 0.4) is 0 Å². The van der Waals surface area contributed by atoms with Crippen LogP contribution in [0.25, 0.3) is 0 Å². The van der Waals surface area contributed by atoms with Crippen LogP contribution in [0.5, 0.6) is 0 Å². The van der Waals surface area contributed by atoms with E-state index in [9.17, 15) is 14.7 Å². The Balaban J connectivity index is 2.04. The van der Waals surface area contributed by atoms with Gasteiger partial charge in [0.25, 0.3) is 0 Å². The van der Waals surface area contributed by atoms with Crippen LogP contribution < -0.4 is 0 Å². The zero-order chi connectivity index (χ0) is 21.5. The smallest absolute Gasteiger partial charge is 0.306 e. The molecule has 8 atom stereocenters. The first kappa shape index (κ1) is 22.5. The molecule has 1 aliphatic carbocycles. The number of esters is 1. The van der Waals surface area contributed by atoms with Gasteiger partial charge in [0.15, 0.2) is 0 Å². The molecule has 5 nitrogen and oxygen atoms in total. The highest BCUT2D eigenvalue weighted by Gasteiger charge is 2.60. The Morgan fingerprint density at radius 1 is 1.38 bits per heavy atom. The van der Waals surface area contributed by atoms with E-state index in [4.69, 9.17) is 9.47 Å². The molecule has 1 N–H and O–H groups in total. The lowest BCUT2D eigenvalue weighted by molar-refractivity contribution is -0.182. The Hall–Kier alpha value is -1.20. The number of carbonyl (C=O) groups is 2. The van der Waals surface area contributed by atoms with Crippen molar-refractivity contribution in [2.24, 2.45) is 29.6 Å². The van der Waals surface area contributed by atoms with Crippen molar-refractivity contribution in [2.75, 3.05) is 0 Å². The fourth-order valence-corrected chi connectivity index (χ4v) is 5.90. The summed E-state index contributed by atoms with van der Waals surface area (Å²) in [4.78, 5) is 25.2. The van der Waals surface area contributed by atoms with Crippen LogP contribution in [0.2, 0.25) is 0 Å². The van der Waals surface area contributed by atoms with Gasteiger partial charge >= 0.3 is 5.97 Å².